The van der Waals surface area contributed by atoms with E-state index in [-0.39, 0.29) is 0 Å². The molecule has 0 aromatic carbocycles. The Morgan fingerprint density at radius 3 is 1.74 bits per heavy atom. The fraction of sp³-hybridized carbons (Fsp3) is 0.970. The van der Waals surface area contributed by atoms with E-state index >= 15 is 0 Å². The van der Waals surface area contributed by atoms with Gasteiger partial charge in [0.1, 0.15) is 6.29 Å². The Labute approximate surface area is 214 Å². The topological polar surface area (TPSA) is 17.1 Å². The monoisotopic (exact) mass is 472 g/mol. The van der Waals surface area contributed by atoms with Gasteiger partial charge in [0.25, 0.3) is 0 Å². The lowest BCUT2D eigenvalue weighted by molar-refractivity contribution is -0.125. The minimum atomic E-state index is 0.361. The molecule has 34 heavy (non-hydrogen) atoms. The molecule has 0 aliphatic heterocycles. The van der Waals surface area contributed by atoms with Gasteiger partial charge >= 0.3 is 0 Å². The van der Waals surface area contributed by atoms with Crippen LogP contribution in [0.25, 0.3) is 0 Å². The number of unbranched alkanes of at least 4 members (excludes halogenated alkanes) is 7. The fourth-order valence-corrected chi connectivity index (χ4v) is 8.64. The van der Waals surface area contributed by atoms with Crippen LogP contribution in [-0.2, 0) is 4.79 Å². The minimum Gasteiger partial charge on any atom is -0.303 e. The number of carbonyl (C=O) groups excluding carboxylic acids is 1. The molecule has 0 radical (unpaired) electrons. The van der Waals surface area contributed by atoms with E-state index in [0.717, 1.165) is 17.8 Å². The molecular formula is C33H60O. The summed E-state index contributed by atoms with van der Waals surface area (Å²) in [6.07, 6.45) is 35.3. The molecule has 3 rings (SSSR count). The molecule has 198 valence electrons. The Hall–Kier alpha value is -0.330. The number of hydrogen-bond donors (Lipinski definition) is 0. The fourth-order valence-electron chi connectivity index (χ4n) is 8.64. The number of hydrogen-bond acceptors (Lipinski definition) is 1. The SMILES string of the molecule is CCCCCCCC1CCC(C(C=O)C2(C3CCCCC3)CCC(CCCCCC)CC2)CC1. The van der Waals surface area contributed by atoms with Crippen molar-refractivity contribution in [1.82, 2.24) is 0 Å². The van der Waals surface area contributed by atoms with E-state index in [2.05, 4.69) is 13.8 Å². The summed E-state index contributed by atoms with van der Waals surface area (Å²) in [6, 6.07) is 0. The van der Waals surface area contributed by atoms with Crippen LogP contribution in [0.15, 0.2) is 0 Å². The van der Waals surface area contributed by atoms with Crippen molar-refractivity contribution >= 4 is 6.29 Å². The molecule has 0 spiro atoms. The molecule has 0 heterocycles. The minimum absolute atomic E-state index is 0.361. The van der Waals surface area contributed by atoms with Crippen molar-refractivity contribution in [3.63, 3.8) is 0 Å². The number of carbonyl (C=O) groups is 1. The predicted molar refractivity (Wildman–Crippen MR) is 148 cm³/mol. The summed E-state index contributed by atoms with van der Waals surface area (Å²) in [4.78, 5) is 12.8. The molecule has 3 saturated carbocycles. The quantitative estimate of drug-likeness (QED) is 0.171. The highest BCUT2D eigenvalue weighted by molar-refractivity contribution is 5.56. The molecule has 1 unspecified atom stereocenters. The van der Waals surface area contributed by atoms with E-state index in [4.69, 9.17) is 0 Å². The molecule has 3 aliphatic rings. The second-order valence-corrected chi connectivity index (χ2v) is 13.0. The zero-order valence-electron chi connectivity index (χ0n) is 23.3. The lowest BCUT2D eigenvalue weighted by Crippen LogP contribution is -2.46. The van der Waals surface area contributed by atoms with Crippen LogP contribution in [0.1, 0.15) is 168 Å². The molecule has 3 fully saturated rings. The first kappa shape index (κ1) is 28.2. The molecular weight excluding hydrogens is 412 g/mol. The summed E-state index contributed by atoms with van der Waals surface area (Å²) in [7, 11) is 0. The van der Waals surface area contributed by atoms with E-state index < -0.39 is 0 Å². The van der Waals surface area contributed by atoms with Crippen molar-refractivity contribution in [2.24, 2.45) is 35.0 Å². The Balaban J connectivity index is 1.56. The van der Waals surface area contributed by atoms with Gasteiger partial charge in [0, 0.05) is 5.92 Å². The van der Waals surface area contributed by atoms with Gasteiger partial charge in [-0.1, -0.05) is 117 Å². The maximum absolute atomic E-state index is 12.8. The third-order valence-corrected chi connectivity index (χ3v) is 10.8. The van der Waals surface area contributed by atoms with E-state index in [1.54, 1.807) is 0 Å². The molecule has 0 bridgehead atoms. The van der Waals surface area contributed by atoms with Crippen LogP contribution in [0.4, 0.5) is 0 Å². The standard InChI is InChI=1S/C33H60O/c1-3-5-7-9-12-15-28-19-21-30(22-20-28)32(27-34)33(31-17-13-10-14-18-31)25-23-29(24-26-33)16-11-8-6-4-2/h27-32H,3-26H2,1-2H3. The third kappa shape index (κ3) is 8.09. The summed E-state index contributed by atoms with van der Waals surface area (Å²) in [5.41, 5.74) is 0.361. The van der Waals surface area contributed by atoms with E-state index in [0.29, 0.717) is 17.3 Å². The molecule has 1 atom stereocenters. The average Bonchev–Trinajstić information content (AvgIpc) is 2.89. The van der Waals surface area contributed by atoms with Crippen LogP contribution < -0.4 is 0 Å². The summed E-state index contributed by atoms with van der Waals surface area (Å²) in [5, 5.41) is 0. The highest BCUT2D eigenvalue weighted by Crippen LogP contribution is 2.57. The van der Waals surface area contributed by atoms with Crippen LogP contribution in [0, 0.1) is 35.0 Å². The van der Waals surface area contributed by atoms with Gasteiger partial charge in [-0.2, -0.15) is 0 Å². The van der Waals surface area contributed by atoms with Crippen molar-refractivity contribution < 1.29 is 4.79 Å². The Morgan fingerprint density at radius 2 is 1.18 bits per heavy atom. The van der Waals surface area contributed by atoms with Crippen molar-refractivity contribution in [2.45, 2.75) is 168 Å². The van der Waals surface area contributed by atoms with Crippen molar-refractivity contribution in [3.05, 3.63) is 0 Å². The van der Waals surface area contributed by atoms with Gasteiger partial charge in [-0.3, -0.25) is 0 Å². The number of aldehydes is 1. The van der Waals surface area contributed by atoms with Crippen LogP contribution in [0.2, 0.25) is 0 Å². The summed E-state index contributed by atoms with van der Waals surface area (Å²) < 4.78 is 0. The highest BCUT2D eigenvalue weighted by Gasteiger charge is 2.49. The molecule has 0 aromatic rings. The third-order valence-electron chi connectivity index (χ3n) is 10.8. The Kier molecular flexibility index (Phi) is 13.1. The van der Waals surface area contributed by atoms with Crippen molar-refractivity contribution in [2.75, 3.05) is 0 Å². The second-order valence-electron chi connectivity index (χ2n) is 13.0. The summed E-state index contributed by atoms with van der Waals surface area (Å²) in [5.74, 6) is 3.80. The van der Waals surface area contributed by atoms with Crippen LogP contribution >= 0.6 is 0 Å². The van der Waals surface area contributed by atoms with Gasteiger partial charge in [0.2, 0.25) is 0 Å². The van der Waals surface area contributed by atoms with Crippen molar-refractivity contribution in [1.29, 1.82) is 0 Å². The smallest absolute Gasteiger partial charge is 0.123 e. The van der Waals surface area contributed by atoms with Crippen LogP contribution in [0.5, 0.6) is 0 Å². The van der Waals surface area contributed by atoms with Gasteiger partial charge in [0.15, 0.2) is 0 Å². The second kappa shape index (κ2) is 15.7. The average molecular weight is 473 g/mol. The summed E-state index contributed by atoms with van der Waals surface area (Å²) in [6.45, 7) is 4.63. The van der Waals surface area contributed by atoms with Gasteiger partial charge in [-0.05, 0) is 80.5 Å². The van der Waals surface area contributed by atoms with Crippen LogP contribution in [-0.4, -0.2) is 6.29 Å². The Morgan fingerprint density at radius 1 is 0.647 bits per heavy atom. The van der Waals surface area contributed by atoms with E-state index in [9.17, 15) is 4.79 Å². The first-order valence-electron chi connectivity index (χ1n) is 16.2. The van der Waals surface area contributed by atoms with Crippen LogP contribution in [0.3, 0.4) is 0 Å². The van der Waals surface area contributed by atoms with Gasteiger partial charge < -0.3 is 4.79 Å². The van der Waals surface area contributed by atoms with Gasteiger partial charge in [-0.25, -0.2) is 0 Å². The largest absolute Gasteiger partial charge is 0.303 e. The molecule has 0 aromatic heterocycles. The van der Waals surface area contributed by atoms with E-state index in [1.807, 2.05) is 0 Å². The van der Waals surface area contributed by atoms with Gasteiger partial charge in [0.05, 0.1) is 0 Å². The maximum atomic E-state index is 12.8. The molecule has 0 saturated heterocycles. The normalized spacial score (nSPS) is 31.9. The molecule has 0 amide bonds. The maximum Gasteiger partial charge on any atom is 0.123 e. The first-order valence-corrected chi connectivity index (χ1v) is 16.2. The predicted octanol–water partition coefficient (Wildman–Crippen LogP) is 10.7. The lowest BCUT2D eigenvalue weighted by Gasteiger charge is -2.53. The van der Waals surface area contributed by atoms with Gasteiger partial charge in [-0.15, -0.1) is 0 Å². The van der Waals surface area contributed by atoms with E-state index in [1.165, 1.54) is 160 Å². The Bertz CT molecular complexity index is 517. The highest BCUT2D eigenvalue weighted by atomic mass is 16.1. The first-order chi connectivity index (χ1) is 16.7. The number of rotatable bonds is 15. The molecule has 1 nitrogen and oxygen atoms in total. The zero-order chi connectivity index (χ0) is 24.1. The lowest BCUT2D eigenvalue weighted by atomic mass is 9.51. The molecule has 1 heteroatoms. The zero-order valence-corrected chi connectivity index (χ0v) is 23.3. The molecule has 0 N–H and O–H groups in total. The summed E-state index contributed by atoms with van der Waals surface area (Å²) >= 11 is 0. The van der Waals surface area contributed by atoms with Crippen molar-refractivity contribution in [3.8, 4) is 0 Å². The molecule has 3 aliphatic carbocycles.